The van der Waals surface area contributed by atoms with Gasteiger partial charge in [0.05, 0.1) is 17.9 Å². The monoisotopic (exact) mass is 451 g/mol. The Hall–Kier alpha value is -1.66. The highest BCUT2D eigenvalue weighted by Crippen LogP contribution is 2.37. The molecule has 1 amide bonds. The van der Waals surface area contributed by atoms with Gasteiger partial charge in [0.15, 0.2) is 0 Å². The van der Waals surface area contributed by atoms with Gasteiger partial charge < -0.3 is 9.64 Å². The van der Waals surface area contributed by atoms with Crippen LogP contribution in [0, 0.1) is 6.92 Å². The van der Waals surface area contributed by atoms with Crippen LogP contribution in [0.3, 0.4) is 0 Å². The number of nitrogens with zero attached hydrogens (tertiary/aromatic N) is 1. The molecule has 24 heavy (non-hydrogen) atoms. The van der Waals surface area contributed by atoms with E-state index in [4.69, 9.17) is 4.74 Å². The molecule has 124 valence electrons. The molecule has 1 aliphatic rings. The predicted molar refractivity (Wildman–Crippen MR) is 99.8 cm³/mol. The summed E-state index contributed by atoms with van der Waals surface area (Å²) < 4.78 is 7.43. The molecule has 0 spiro atoms. The van der Waals surface area contributed by atoms with Crippen LogP contribution in [0.25, 0.3) is 0 Å². The van der Waals surface area contributed by atoms with E-state index in [0.717, 1.165) is 20.3 Å². The number of hydrogen-bond donors (Lipinski definition) is 0. The van der Waals surface area contributed by atoms with E-state index in [2.05, 4.69) is 31.9 Å². The topological polar surface area (TPSA) is 46.6 Å². The summed E-state index contributed by atoms with van der Waals surface area (Å²) in [6.07, 6.45) is 0.634. The molecule has 2 aromatic rings. The van der Waals surface area contributed by atoms with Crippen molar-refractivity contribution in [3.63, 3.8) is 0 Å². The molecule has 0 aromatic heterocycles. The van der Waals surface area contributed by atoms with Gasteiger partial charge in [-0.25, -0.2) is 0 Å². The van der Waals surface area contributed by atoms with E-state index < -0.39 is 11.7 Å². The van der Waals surface area contributed by atoms with Crippen molar-refractivity contribution in [3.8, 4) is 5.75 Å². The fourth-order valence-corrected chi connectivity index (χ4v) is 3.73. The fraction of sp³-hybridized carbons (Fsp3) is 0.222. The van der Waals surface area contributed by atoms with Gasteiger partial charge in [-0.15, -0.1) is 0 Å². The van der Waals surface area contributed by atoms with E-state index in [-0.39, 0.29) is 0 Å². The van der Waals surface area contributed by atoms with Gasteiger partial charge in [-0.1, -0.05) is 15.9 Å². The minimum atomic E-state index is -0.472. The molecule has 1 aliphatic heterocycles. The second-order valence-electron chi connectivity index (χ2n) is 5.58. The molecule has 0 fully saturated rings. The molecule has 6 heteroatoms. The van der Waals surface area contributed by atoms with Crippen LogP contribution in [0.2, 0.25) is 0 Å². The van der Waals surface area contributed by atoms with Crippen LogP contribution >= 0.6 is 31.9 Å². The number of fused-ring (bicyclic) bond motifs is 1. The number of aryl methyl sites for hydroxylation is 1. The molecule has 0 bridgehead atoms. The average Bonchev–Trinajstić information content (AvgIpc) is 2.78. The first kappa shape index (κ1) is 17.2. The highest BCUT2D eigenvalue weighted by atomic mass is 79.9. The minimum Gasteiger partial charge on any atom is -0.494 e. The van der Waals surface area contributed by atoms with Crippen molar-refractivity contribution in [3.05, 3.63) is 56.5 Å². The summed E-state index contributed by atoms with van der Waals surface area (Å²) >= 11 is 6.84. The SMILES string of the molecule is Cc1cc(Br)c2c(c1)C(=O)C(=O)N2CCCOc1ccc(Br)cc1. The van der Waals surface area contributed by atoms with Gasteiger partial charge in [0.25, 0.3) is 11.7 Å². The smallest absolute Gasteiger partial charge is 0.299 e. The van der Waals surface area contributed by atoms with Gasteiger partial charge in [-0.3, -0.25) is 9.59 Å². The maximum atomic E-state index is 12.2. The number of amides is 1. The molecule has 0 atom stereocenters. The van der Waals surface area contributed by atoms with Gasteiger partial charge in [-0.05, 0) is 71.2 Å². The van der Waals surface area contributed by atoms with Gasteiger partial charge in [0, 0.05) is 15.5 Å². The Morgan fingerprint density at radius 3 is 2.50 bits per heavy atom. The molecule has 0 radical (unpaired) electrons. The van der Waals surface area contributed by atoms with Crippen molar-refractivity contribution in [2.24, 2.45) is 0 Å². The first-order valence-electron chi connectivity index (χ1n) is 7.52. The molecular weight excluding hydrogens is 438 g/mol. The van der Waals surface area contributed by atoms with Crippen LogP contribution in [0.4, 0.5) is 5.69 Å². The molecule has 0 aliphatic carbocycles. The third-order valence-electron chi connectivity index (χ3n) is 3.77. The largest absolute Gasteiger partial charge is 0.494 e. The van der Waals surface area contributed by atoms with Crippen LogP contribution in [0.1, 0.15) is 22.3 Å². The summed E-state index contributed by atoms with van der Waals surface area (Å²) in [6.45, 7) is 2.81. The molecular formula is C18H15Br2NO3. The first-order chi connectivity index (χ1) is 11.5. The van der Waals surface area contributed by atoms with Gasteiger partial charge in [-0.2, -0.15) is 0 Å². The number of anilines is 1. The van der Waals surface area contributed by atoms with Gasteiger partial charge in [0.2, 0.25) is 0 Å². The Morgan fingerprint density at radius 2 is 1.79 bits per heavy atom. The molecule has 0 saturated heterocycles. The maximum absolute atomic E-state index is 12.2. The molecule has 1 heterocycles. The highest BCUT2D eigenvalue weighted by Gasteiger charge is 2.37. The average molecular weight is 453 g/mol. The summed E-state index contributed by atoms with van der Waals surface area (Å²) in [7, 11) is 0. The predicted octanol–water partition coefficient (Wildman–Crippen LogP) is 4.52. The van der Waals surface area contributed by atoms with Crippen LogP contribution < -0.4 is 9.64 Å². The lowest BCUT2D eigenvalue weighted by Gasteiger charge is -2.18. The van der Waals surface area contributed by atoms with Crippen LogP contribution in [0.15, 0.2) is 45.3 Å². The number of hydrogen-bond acceptors (Lipinski definition) is 3. The zero-order valence-electron chi connectivity index (χ0n) is 13.0. The molecule has 0 saturated carbocycles. The zero-order chi connectivity index (χ0) is 17.3. The molecule has 2 aromatic carbocycles. The summed E-state index contributed by atoms with van der Waals surface area (Å²) in [4.78, 5) is 25.9. The number of carbonyl (C=O) groups excluding carboxylic acids is 2. The second kappa shape index (κ2) is 7.07. The third kappa shape index (κ3) is 3.39. The number of rotatable bonds is 5. The maximum Gasteiger partial charge on any atom is 0.299 e. The molecule has 3 rings (SSSR count). The zero-order valence-corrected chi connectivity index (χ0v) is 16.2. The van der Waals surface area contributed by atoms with E-state index in [9.17, 15) is 9.59 Å². The Bertz CT molecular complexity index is 803. The normalized spacial score (nSPS) is 13.4. The van der Waals surface area contributed by atoms with Crippen molar-refractivity contribution in [2.75, 3.05) is 18.1 Å². The van der Waals surface area contributed by atoms with E-state index in [1.165, 1.54) is 4.90 Å². The highest BCUT2D eigenvalue weighted by molar-refractivity contribution is 9.10. The number of ketones is 1. The lowest BCUT2D eigenvalue weighted by molar-refractivity contribution is -0.114. The number of carbonyl (C=O) groups is 2. The molecule has 4 nitrogen and oxygen atoms in total. The van der Waals surface area contributed by atoms with Crippen LogP contribution in [-0.2, 0) is 4.79 Å². The fourth-order valence-electron chi connectivity index (χ4n) is 2.68. The van der Waals surface area contributed by atoms with Gasteiger partial charge in [0.1, 0.15) is 5.75 Å². The van der Waals surface area contributed by atoms with Crippen molar-refractivity contribution < 1.29 is 14.3 Å². The third-order valence-corrected chi connectivity index (χ3v) is 4.90. The Labute approximate surface area is 157 Å². The van der Waals surface area contributed by atoms with Crippen LogP contribution in [-0.4, -0.2) is 24.8 Å². The number of benzene rings is 2. The van der Waals surface area contributed by atoms with Crippen molar-refractivity contribution in [1.82, 2.24) is 0 Å². The Morgan fingerprint density at radius 1 is 1.08 bits per heavy atom. The van der Waals surface area contributed by atoms with Crippen molar-refractivity contribution >= 4 is 49.2 Å². The van der Waals surface area contributed by atoms with Gasteiger partial charge >= 0.3 is 0 Å². The molecule has 0 N–H and O–H groups in total. The summed E-state index contributed by atoms with van der Waals surface area (Å²) in [5, 5.41) is 0. The van der Waals surface area contributed by atoms with Crippen LogP contribution in [0.5, 0.6) is 5.75 Å². The summed E-state index contributed by atoms with van der Waals surface area (Å²) in [5.74, 6) is -0.137. The van der Waals surface area contributed by atoms with E-state index in [0.29, 0.717) is 30.8 Å². The summed E-state index contributed by atoms with van der Waals surface area (Å²) in [6, 6.07) is 11.3. The van der Waals surface area contributed by atoms with E-state index >= 15 is 0 Å². The van der Waals surface area contributed by atoms with E-state index in [1.807, 2.05) is 37.3 Å². The minimum absolute atomic E-state index is 0.440. The number of ether oxygens (including phenoxy) is 1. The molecule has 0 unspecified atom stereocenters. The van der Waals surface area contributed by atoms with Crippen molar-refractivity contribution in [2.45, 2.75) is 13.3 Å². The lowest BCUT2D eigenvalue weighted by Crippen LogP contribution is -2.31. The van der Waals surface area contributed by atoms with Crippen molar-refractivity contribution in [1.29, 1.82) is 0 Å². The first-order valence-corrected chi connectivity index (χ1v) is 9.10. The number of Topliss-reactive ketones (excluding diaryl/α,β-unsaturated/α-hetero) is 1. The Kier molecular flexibility index (Phi) is 5.06. The standard InChI is InChI=1S/C18H15Br2NO3/c1-11-9-14-16(15(20)10-11)21(18(23)17(14)22)7-2-8-24-13-5-3-12(19)4-6-13/h3-6,9-10H,2,7-8H2,1H3. The second-order valence-corrected chi connectivity index (χ2v) is 7.35. The lowest BCUT2D eigenvalue weighted by atomic mass is 10.1. The van der Waals surface area contributed by atoms with E-state index in [1.54, 1.807) is 6.07 Å². The number of halogens is 2. The summed E-state index contributed by atoms with van der Waals surface area (Å²) in [5.41, 5.74) is 2.09. The quantitative estimate of drug-likeness (QED) is 0.495. The Balaban J connectivity index is 1.65.